The maximum Gasteiger partial charge on any atom is 0.471 e. The molecule has 2 N–H and O–H groups in total. The van der Waals surface area contributed by atoms with E-state index in [-0.39, 0.29) is 19.6 Å². The molecule has 0 aromatic heterocycles. The molecule has 17 heteroatoms. The Kier molecular flexibility index (Phi) is 13.0. The van der Waals surface area contributed by atoms with E-state index in [4.69, 9.17) is 33.2 Å². The highest BCUT2D eigenvalue weighted by atomic mass is 19.4. The van der Waals surface area contributed by atoms with Crippen LogP contribution in [-0.4, -0.2) is 106 Å². The molecule has 0 aliphatic carbocycles. The van der Waals surface area contributed by atoms with Gasteiger partial charge >= 0.3 is 18.1 Å². The summed E-state index contributed by atoms with van der Waals surface area (Å²) in [6, 6.07) is 6.39. The number of benzene rings is 1. The number of hydrogen-bond donors (Lipinski definition) is 2. The molecule has 45 heavy (non-hydrogen) atoms. The molecule has 0 bridgehead atoms. The second-order valence-electron chi connectivity index (χ2n) is 11.5. The number of rotatable bonds is 12. The molecule has 0 unspecified atom stereocenters. The van der Waals surface area contributed by atoms with Crippen LogP contribution in [0.15, 0.2) is 35.4 Å². The molecule has 1 aromatic carbocycles. The van der Waals surface area contributed by atoms with Crippen molar-refractivity contribution in [1.29, 1.82) is 0 Å². The van der Waals surface area contributed by atoms with Crippen molar-refractivity contribution in [3.63, 3.8) is 0 Å². The highest BCUT2D eigenvalue weighted by Crippen LogP contribution is 2.34. The van der Waals surface area contributed by atoms with E-state index in [1.807, 2.05) is 35.6 Å². The van der Waals surface area contributed by atoms with Crippen molar-refractivity contribution in [3.05, 3.63) is 46.3 Å². The van der Waals surface area contributed by atoms with Crippen molar-refractivity contribution in [2.75, 3.05) is 27.4 Å². The van der Waals surface area contributed by atoms with Crippen LogP contribution < -0.4 is 5.32 Å². The third-order valence-corrected chi connectivity index (χ3v) is 7.13. The van der Waals surface area contributed by atoms with Crippen LogP contribution in [0.4, 0.5) is 13.2 Å². The lowest BCUT2D eigenvalue weighted by Gasteiger charge is -2.47. The number of amides is 1. The molecular formula is C28H39F3N4O10. The Balaban J connectivity index is 1.99. The first-order valence-electron chi connectivity index (χ1n) is 14.1. The molecule has 1 aromatic rings. The summed E-state index contributed by atoms with van der Waals surface area (Å²) < 4.78 is 80.3. The third kappa shape index (κ3) is 9.73. The molecule has 2 aliphatic rings. The Morgan fingerprint density at radius 3 is 2.31 bits per heavy atom. The molecular weight excluding hydrogens is 609 g/mol. The molecule has 0 radical (unpaired) electrons. The number of carbonyl (C=O) groups is 2. The predicted octanol–water partition coefficient (Wildman–Crippen LogP) is 2.77. The minimum atomic E-state index is -5.25. The number of aliphatic hydroxyl groups is 1. The summed E-state index contributed by atoms with van der Waals surface area (Å²) in [5.41, 5.74) is 9.03. The van der Waals surface area contributed by atoms with Crippen LogP contribution in [0.5, 0.6) is 0 Å². The van der Waals surface area contributed by atoms with Gasteiger partial charge in [-0.05, 0) is 38.3 Å². The number of methoxy groups -OCH3 is 2. The van der Waals surface area contributed by atoms with Gasteiger partial charge in [0.1, 0.15) is 18.3 Å². The molecule has 9 atom stereocenters. The largest absolute Gasteiger partial charge is 0.471 e. The summed E-state index contributed by atoms with van der Waals surface area (Å²) in [6.07, 6.45) is -14.5. The molecule has 2 saturated heterocycles. The van der Waals surface area contributed by atoms with E-state index in [2.05, 4.69) is 10.0 Å². The summed E-state index contributed by atoms with van der Waals surface area (Å²) in [5.74, 6) is -3.09. The van der Waals surface area contributed by atoms with Crippen LogP contribution in [0.1, 0.15) is 32.8 Å². The topological polar surface area (TPSA) is 180 Å². The average Bonchev–Trinajstić information content (AvgIpc) is 2.98. The summed E-state index contributed by atoms with van der Waals surface area (Å²) in [4.78, 5) is 28.0. The monoisotopic (exact) mass is 648 g/mol. The summed E-state index contributed by atoms with van der Waals surface area (Å²) in [6.45, 7) is 3.91. The molecule has 2 heterocycles. The number of ether oxygens (including phenoxy) is 7. The first-order chi connectivity index (χ1) is 21.2. The maximum absolute atomic E-state index is 13.4. The van der Waals surface area contributed by atoms with Gasteiger partial charge in [-0.1, -0.05) is 35.4 Å². The molecule has 0 saturated carbocycles. The molecule has 3 rings (SSSR count). The van der Waals surface area contributed by atoms with E-state index in [0.717, 1.165) is 5.56 Å². The Morgan fingerprint density at radius 2 is 1.76 bits per heavy atom. The summed E-state index contributed by atoms with van der Waals surface area (Å²) in [5, 5.41) is 15.8. The summed E-state index contributed by atoms with van der Waals surface area (Å²) >= 11 is 0. The number of nitrogens with zero attached hydrogens (tertiary/aromatic N) is 3. The summed E-state index contributed by atoms with van der Waals surface area (Å²) in [7, 11) is 2.60. The highest BCUT2D eigenvalue weighted by Gasteiger charge is 2.52. The second kappa shape index (κ2) is 16.0. The molecule has 0 spiro atoms. The fraction of sp³-hybridized carbons (Fsp3) is 0.714. The number of carbonyl (C=O) groups excluding carboxylic acids is 2. The lowest BCUT2D eigenvalue weighted by atomic mass is 9.94. The van der Waals surface area contributed by atoms with Gasteiger partial charge in [0.2, 0.25) is 0 Å². The molecule has 1 amide bonds. The van der Waals surface area contributed by atoms with Gasteiger partial charge in [0.15, 0.2) is 18.7 Å². The van der Waals surface area contributed by atoms with Crippen LogP contribution in [0.25, 0.3) is 10.4 Å². The van der Waals surface area contributed by atoms with Gasteiger partial charge in [0.25, 0.3) is 0 Å². The zero-order valence-electron chi connectivity index (χ0n) is 25.5. The maximum atomic E-state index is 13.4. The van der Waals surface area contributed by atoms with Crippen molar-refractivity contribution in [1.82, 2.24) is 5.32 Å². The Morgan fingerprint density at radius 1 is 1.07 bits per heavy atom. The van der Waals surface area contributed by atoms with Gasteiger partial charge in [-0.25, -0.2) is 0 Å². The zero-order valence-corrected chi connectivity index (χ0v) is 25.5. The Labute approximate surface area is 258 Å². The number of esters is 1. The van der Waals surface area contributed by atoms with E-state index < -0.39 is 85.3 Å². The number of aliphatic hydroxyl groups excluding tert-OH is 1. The van der Waals surface area contributed by atoms with Crippen LogP contribution >= 0.6 is 0 Å². The van der Waals surface area contributed by atoms with E-state index in [0.29, 0.717) is 0 Å². The molecule has 2 aliphatic heterocycles. The Hall–Kier alpha value is -3.02. The first kappa shape index (κ1) is 36.4. The fourth-order valence-electron chi connectivity index (χ4n) is 4.85. The van der Waals surface area contributed by atoms with Gasteiger partial charge in [0.05, 0.1) is 43.4 Å². The van der Waals surface area contributed by atoms with Gasteiger partial charge in [-0.15, -0.1) is 0 Å². The molecule has 14 nitrogen and oxygen atoms in total. The van der Waals surface area contributed by atoms with E-state index in [1.54, 1.807) is 0 Å². The fourth-order valence-corrected chi connectivity index (χ4v) is 4.85. The van der Waals surface area contributed by atoms with Crippen molar-refractivity contribution in [2.24, 2.45) is 10.5 Å². The first-order valence-corrected chi connectivity index (χ1v) is 14.1. The normalized spacial score (nSPS) is 30.6. The zero-order chi connectivity index (χ0) is 33.4. The quantitative estimate of drug-likeness (QED) is 0.148. The van der Waals surface area contributed by atoms with Crippen molar-refractivity contribution in [2.45, 2.75) is 95.2 Å². The van der Waals surface area contributed by atoms with Crippen molar-refractivity contribution < 1.29 is 61.0 Å². The van der Waals surface area contributed by atoms with Crippen LogP contribution in [0, 0.1) is 5.41 Å². The smallest absolute Gasteiger partial charge is 0.454 e. The highest BCUT2D eigenvalue weighted by molar-refractivity contribution is 5.82. The number of halogens is 3. The second-order valence-corrected chi connectivity index (χ2v) is 11.5. The SMILES string of the molecule is CO[C@@H]1O[C@H](CO)[C@H](O[C@@H]2O[C@H](COCc3ccccc3)C[C@@H](NC(=O)C(F)(F)F)[C@H]2OC(=O)C(C)(C)C)[C@@H](N=[N+]=[N-])[C@H]1OC. The van der Waals surface area contributed by atoms with E-state index in [1.165, 1.54) is 35.0 Å². The van der Waals surface area contributed by atoms with Crippen LogP contribution in [0.3, 0.4) is 0 Å². The molecule has 252 valence electrons. The van der Waals surface area contributed by atoms with E-state index >= 15 is 0 Å². The number of hydrogen-bond acceptors (Lipinski definition) is 11. The third-order valence-electron chi connectivity index (χ3n) is 7.13. The lowest BCUT2D eigenvalue weighted by molar-refractivity contribution is -0.327. The number of alkyl halides is 3. The van der Waals surface area contributed by atoms with Gasteiger partial charge < -0.3 is 43.6 Å². The van der Waals surface area contributed by atoms with E-state index in [9.17, 15) is 33.4 Å². The molecule has 2 fully saturated rings. The minimum absolute atomic E-state index is 0.143. The standard InChI is InChI=1S/C28H39F3N4O10/c1-27(2,3)26(38)45-20-17(33-25(37)28(29,30)31)11-16(14-41-13-15-9-7-6-8-10-15)42-24(20)44-21-18(12-36)43-23(40-5)22(39-4)19(21)34-35-32/h6-10,16-24,36H,11-14H2,1-5H3,(H,33,37)/t16-,17+,18+,19+,20+,21-,22+,23+,24-/m0/s1. The van der Waals surface area contributed by atoms with Gasteiger partial charge in [0, 0.05) is 19.1 Å². The van der Waals surface area contributed by atoms with Crippen LogP contribution in [-0.2, 0) is 49.4 Å². The van der Waals surface area contributed by atoms with Gasteiger partial charge in [-0.2, -0.15) is 13.2 Å². The average molecular weight is 649 g/mol. The number of azide groups is 1. The van der Waals surface area contributed by atoms with Gasteiger partial charge in [-0.3, -0.25) is 9.59 Å². The predicted molar refractivity (Wildman–Crippen MR) is 148 cm³/mol. The minimum Gasteiger partial charge on any atom is -0.454 e. The lowest BCUT2D eigenvalue weighted by Crippen LogP contribution is -2.64. The van der Waals surface area contributed by atoms with Crippen molar-refractivity contribution in [3.8, 4) is 0 Å². The number of nitrogens with one attached hydrogen (secondary N) is 1. The van der Waals surface area contributed by atoms with Crippen molar-refractivity contribution >= 4 is 11.9 Å². The van der Waals surface area contributed by atoms with Crippen LogP contribution in [0.2, 0.25) is 0 Å². The Bertz CT molecular complexity index is 1170.